The van der Waals surface area contributed by atoms with Crippen molar-refractivity contribution in [3.8, 4) is 0 Å². The van der Waals surface area contributed by atoms with Gasteiger partial charge in [-0.15, -0.1) is 0 Å². The molecule has 0 fully saturated rings. The normalized spacial score (nSPS) is 12.8. The van der Waals surface area contributed by atoms with Crippen LogP contribution < -0.4 is 5.73 Å². The zero-order valence-corrected chi connectivity index (χ0v) is 9.34. The molecule has 0 aliphatic rings. The standard InChI is InChI=1S/C5H12N.C2H5.Sn/c1-3-4-5(2)6;1-2;/h5H,1,3-4,6H2,2H3;1H2,2H3;/q;;+2. The fourth-order valence-electron chi connectivity index (χ4n) is 0.726. The van der Waals surface area contributed by atoms with Gasteiger partial charge in [0.1, 0.15) is 0 Å². The minimum absolute atomic E-state index is 0.0892. The van der Waals surface area contributed by atoms with Gasteiger partial charge in [-0.1, -0.05) is 0 Å². The second-order valence-electron chi connectivity index (χ2n) is 2.47. The third-order valence-corrected chi connectivity index (χ3v) is 4.71. The van der Waals surface area contributed by atoms with Gasteiger partial charge in [0.05, 0.1) is 0 Å². The maximum atomic E-state index is 5.59. The summed E-state index contributed by atoms with van der Waals surface area (Å²) >= 11 is 0.0892. The van der Waals surface area contributed by atoms with Gasteiger partial charge in [-0.3, -0.25) is 0 Å². The molecule has 0 aliphatic carbocycles. The monoisotopic (exact) mass is 235 g/mol. The predicted octanol–water partition coefficient (Wildman–Crippen LogP) is 1.67. The van der Waals surface area contributed by atoms with Gasteiger partial charge in [0.2, 0.25) is 0 Å². The Hall–Kier alpha value is 0.759. The van der Waals surface area contributed by atoms with E-state index in [1.165, 1.54) is 21.7 Å². The molecule has 0 aromatic carbocycles. The second-order valence-corrected chi connectivity index (χ2v) is 7.35. The van der Waals surface area contributed by atoms with E-state index in [1.54, 1.807) is 0 Å². The molecule has 52 valence electrons. The first-order valence-corrected chi connectivity index (χ1v) is 7.77. The molecular weight excluding hydrogens is 217 g/mol. The molecule has 0 spiro atoms. The van der Waals surface area contributed by atoms with Crippen molar-refractivity contribution in [1.29, 1.82) is 0 Å². The quantitative estimate of drug-likeness (QED) is 0.568. The molecular formula is C7H17NSn+2. The summed E-state index contributed by atoms with van der Waals surface area (Å²) in [5.41, 5.74) is 5.59. The van der Waals surface area contributed by atoms with E-state index in [9.17, 15) is 0 Å². The number of hydrogen-bond donors (Lipinski definition) is 1. The van der Waals surface area contributed by atoms with Crippen molar-refractivity contribution in [2.24, 2.45) is 5.73 Å². The summed E-state index contributed by atoms with van der Waals surface area (Å²) in [7, 11) is 0. The van der Waals surface area contributed by atoms with Gasteiger partial charge in [0.25, 0.3) is 0 Å². The Morgan fingerprint density at radius 2 is 2.22 bits per heavy atom. The summed E-state index contributed by atoms with van der Waals surface area (Å²) in [6.45, 7) is 4.40. The Kier molecular flexibility index (Phi) is 7.45. The topological polar surface area (TPSA) is 26.0 Å². The molecule has 0 aromatic rings. The Morgan fingerprint density at radius 1 is 1.56 bits per heavy atom. The van der Waals surface area contributed by atoms with Crippen LogP contribution in [0.15, 0.2) is 0 Å². The van der Waals surface area contributed by atoms with Crippen molar-refractivity contribution in [2.75, 3.05) is 0 Å². The zero-order chi connectivity index (χ0) is 7.11. The van der Waals surface area contributed by atoms with Crippen LogP contribution in [0.4, 0.5) is 0 Å². The molecule has 1 atom stereocenters. The third-order valence-electron chi connectivity index (χ3n) is 1.26. The van der Waals surface area contributed by atoms with E-state index in [-0.39, 0.29) is 21.1 Å². The summed E-state index contributed by atoms with van der Waals surface area (Å²) in [4.78, 5) is 0. The molecule has 0 saturated carbocycles. The molecule has 2 heteroatoms. The van der Waals surface area contributed by atoms with E-state index in [2.05, 4.69) is 13.8 Å². The van der Waals surface area contributed by atoms with E-state index in [4.69, 9.17) is 5.73 Å². The average Bonchev–Trinajstić information content (AvgIpc) is 1.80. The predicted molar refractivity (Wildman–Crippen MR) is 43.9 cm³/mol. The molecule has 0 radical (unpaired) electrons. The van der Waals surface area contributed by atoms with Gasteiger partial charge in [-0.2, -0.15) is 0 Å². The van der Waals surface area contributed by atoms with Crippen LogP contribution in [-0.4, -0.2) is 27.2 Å². The van der Waals surface area contributed by atoms with Crippen molar-refractivity contribution in [2.45, 2.75) is 41.6 Å². The fourth-order valence-corrected chi connectivity index (χ4v) is 3.03. The van der Waals surface area contributed by atoms with Gasteiger partial charge < -0.3 is 0 Å². The van der Waals surface area contributed by atoms with Crippen LogP contribution in [0.3, 0.4) is 0 Å². The van der Waals surface area contributed by atoms with Crippen LogP contribution in [0.25, 0.3) is 0 Å². The van der Waals surface area contributed by atoms with E-state index in [0.717, 1.165) is 0 Å². The first-order valence-electron chi connectivity index (χ1n) is 3.73. The molecule has 0 bridgehead atoms. The van der Waals surface area contributed by atoms with E-state index >= 15 is 0 Å². The van der Waals surface area contributed by atoms with E-state index in [0.29, 0.717) is 6.04 Å². The summed E-state index contributed by atoms with van der Waals surface area (Å²) in [5, 5.41) is 0. The summed E-state index contributed by atoms with van der Waals surface area (Å²) < 4.78 is 3.02. The van der Waals surface area contributed by atoms with Crippen LogP contribution in [-0.2, 0) is 0 Å². The number of rotatable bonds is 5. The molecule has 1 nitrogen and oxygen atoms in total. The number of hydrogen-bond acceptors (Lipinski definition) is 1. The van der Waals surface area contributed by atoms with E-state index in [1.807, 2.05) is 0 Å². The van der Waals surface area contributed by atoms with Gasteiger partial charge in [0, 0.05) is 0 Å². The molecule has 1 unspecified atom stereocenters. The van der Waals surface area contributed by atoms with E-state index < -0.39 is 0 Å². The Balaban J connectivity index is 2.75. The van der Waals surface area contributed by atoms with Crippen molar-refractivity contribution < 1.29 is 0 Å². The summed E-state index contributed by atoms with van der Waals surface area (Å²) in [6, 6.07) is 0.432. The first kappa shape index (κ1) is 9.76. The molecule has 0 amide bonds. The second kappa shape index (κ2) is 6.87. The third kappa shape index (κ3) is 8.76. The Morgan fingerprint density at radius 3 is 2.67 bits per heavy atom. The molecule has 0 aliphatic heterocycles. The van der Waals surface area contributed by atoms with Crippen LogP contribution in [0.1, 0.15) is 26.7 Å². The van der Waals surface area contributed by atoms with Crippen LogP contribution in [0.5, 0.6) is 0 Å². The molecule has 0 heterocycles. The first-order chi connectivity index (χ1) is 4.27. The summed E-state index contributed by atoms with van der Waals surface area (Å²) in [5.74, 6) is 0. The van der Waals surface area contributed by atoms with Crippen molar-refractivity contribution in [3.63, 3.8) is 0 Å². The molecule has 0 aromatic heterocycles. The summed E-state index contributed by atoms with van der Waals surface area (Å²) in [6.07, 6.45) is 2.62. The fraction of sp³-hybridized carbons (Fsp3) is 1.00. The molecule has 2 N–H and O–H groups in total. The number of nitrogens with two attached hydrogens (primary N) is 1. The van der Waals surface area contributed by atoms with Crippen LogP contribution in [0.2, 0.25) is 8.87 Å². The zero-order valence-electron chi connectivity index (χ0n) is 6.48. The average molecular weight is 234 g/mol. The van der Waals surface area contributed by atoms with Gasteiger partial charge in [-0.05, 0) is 0 Å². The van der Waals surface area contributed by atoms with Crippen molar-refractivity contribution >= 4 is 21.1 Å². The van der Waals surface area contributed by atoms with Crippen molar-refractivity contribution in [3.05, 3.63) is 0 Å². The van der Waals surface area contributed by atoms with Gasteiger partial charge >= 0.3 is 68.5 Å². The van der Waals surface area contributed by atoms with Crippen LogP contribution >= 0.6 is 0 Å². The molecule has 0 saturated heterocycles. The Bertz CT molecular complexity index is 54.9. The molecule has 0 rings (SSSR count). The SMILES string of the molecule is C[CH2][Sn+2][CH2]CCC(C)N. The van der Waals surface area contributed by atoms with Crippen LogP contribution in [0, 0.1) is 0 Å². The molecule has 9 heavy (non-hydrogen) atoms. The van der Waals surface area contributed by atoms with Gasteiger partial charge in [0.15, 0.2) is 0 Å². The van der Waals surface area contributed by atoms with Gasteiger partial charge in [-0.25, -0.2) is 0 Å². The van der Waals surface area contributed by atoms with Crippen molar-refractivity contribution in [1.82, 2.24) is 0 Å². The minimum atomic E-state index is 0.0892. The maximum absolute atomic E-state index is 5.59. The Labute approximate surface area is 68.6 Å².